The van der Waals surface area contributed by atoms with Crippen molar-refractivity contribution in [2.75, 3.05) is 26.3 Å². The lowest BCUT2D eigenvalue weighted by molar-refractivity contribution is 0.0335. The van der Waals surface area contributed by atoms with Crippen molar-refractivity contribution in [3.63, 3.8) is 0 Å². The van der Waals surface area contributed by atoms with E-state index in [4.69, 9.17) is 4.74 Å². The molecule has 0 saturated carbocycles. The first kappa shape index (κ1) is 15.9. The molecule has 0 bridgehead atoms. The van der Waals surface area contributed by atoms with Gasteiger partial charge in [0.25, 0.3) is 0 Å². The number of aromatic nitrogens is 1. The highest BCUT2D eigenvalue weighted by Crippen LogP contribution is 2.16. The largest absolute Gasteiger partial charge is 0.379 e. The first-order chi connectivity index (χ1) is 9.20. The Hall–Kier alpha value is -1.19. The molecule has 1 aromatic rings. The van der Waals surface area contributed by atoms with Crippen LogP contribution in [0.4, 0.5) is 0 Å². The molecule has 0 amide bonds. The fraction of sp³-hybridized carbons (Fsp3) is 0.562. The van der Waals surface area contributed by atoms with Crippen LogP contribution in [0.3, 0.4) is 0 Å². The fourth-order valence-corrected chi connectivity index (χ4v) is 2.06. The summed E-state index contributed by atoms with van der Waals surface area (Å²) in [6, 6.07) is 2.09. The Bertz CT molecular complexity index is 409. The maximum absolute atomic E-state index is 5.36. The van der Waals surface area contributed by atoms with Crippen LogP contribution in [0.25, 0.3) is 6.08 Å². The average Bonchev–Trinajstić information content (AvgIpc) is 2.47. The van der Waals surface area contributed by atoms with Gasteiger partial charge in [-0.05, 0) is 37.1 Å². The van der Waals surface area contributed by atoms with Crippen molar-refractivity contribution in [1.29, 1.82) is 0 Å². The quantitative estimate of drug-likeness (QED) is 0.836. The Morgan fingerprint density at radius 1 is 1.32 bits per heavy atom. The molecule has 0 spiro atoms. The van der Waals surface area contributed by atoms with Gasteiger partial charge in [0, 0.05) is 19.6 Å². The van der Waals surface area contributed by atoms with Crippen LogP contribution in [-0.2, 0) is 11.3 Å². The molecule has 1 saturated heterocycles. The van der Waals surface area contributed by atoms with Crippen LogP contribution in [0.2, 0.25) is 0 Å². The molecule has 2 rings (SSSR count). The highest BCUT2D eigenvalue weighted by atomic mass is 16.5. The van der Waals surface area contributed by atoms with E-state index < -0.39 is 0 Å². The van der Waals surface area contributed by atoms with E-state index in [0.717, 1.165) is 38.5 Å². The lowest BCUT2D eigenvalue weighted by Crippen LogP contribution is -2.36. The van der Waals surface area contributed by atoms with Gasteiger partial charge in [0.2, 0.25) is 0 Å². The number of pyridine rings is 1. The predicted molar refractivity (Wildman–Crippen MR) is 81.2 cm³/mol. The summed E-state index contributed by atoms with van der Waals surface area (Å²) in [4.78, 5) is 7.04. The highest BCUT2D eigenvalue weighted by Gasteiger charge is 2.13. The van der Waals surface area contributed by atoms with Crippen LogP contribution >= 0.6 is 0 Å². The Balaban J connectivity index is 0.000000861. The van der Waals surface area contributed by atoms with Crippen LogP contribution in [0.5, 0.6) is 0 Å². The van der Waals surface area contributed by atoms with Crippen molar-refractivity contribution in [2.45, 2.75) is 34.2 Å². The van der Waals surface area contributed by atoms with Crippen LogP contribution in [0.1, 0.15) is 36.4 Å². The van der Waals surface area contributed by atoms with Gasteiger partial charge < -0.3 is 4.74 Å². The summed E-state index contributed by atoms with van der Waals surface area (Å²) in [5.74, 6) is 0. The Morgan fingerprint density at radius 2 is 1.95 bits per heavy atom. The average molecular weight is 262 g/mol. The Labute approximate surface area is 117 Å². The van der Waals surface area contributed by atoms with E-state index in [9.17, 15) is 0 Å². The van der Waals surface area contributed by atoms with Crippen molar-refractivity contribution in [1.82, 2.24) is 9.88 Å². The monoisotopic (exact) mass is 262 g/mol. The molecule has 19 heavy (non-hydrogen) atoms. The van der Waals surface area contributed by atoms with E-state index in [1.807, 2.05) is 19.9 Å². The maximum atomic E-state index is 5.36. The second-order valence-corrected chi connectivity index (χ2v) is 4.53. The molecule has 1 fully saturated rings. The van der Waals surface area contributed by atoms with Crippen molar-refractivity contribution < 1.29 is 4.74 Å². The maximum Gasteiger partial charge on any atom is 0.0630 e. The molecular formula is C16H26N2O. The van der Waals surface area contributed by atoms with E-state index in [1.165, 1.54) is 16.8 Å². The summed E-state index contributed by atoms with van der Waals surface area (Å²) < 4.78 is 5.36. The van der Waals surface area contributed by atoms with Crippen LogP contribution in [0, 0.1) is 13.8 Å². The number of nitrogens with zero attached hydrogens (tertiary/aromatic N) is 2. The van der Waals surface area contributed by atoms with Crippen LogP contribution < -0.4 is 0 Å². The third-order valence-electron chi connectivity index (χ3n) is 3.34. The van der Waals surface area contributed by atoms with Gasteiger partial charge in [-0.2, -0.15) is 0 Å². The minimum atomic E-state index is 0.833. The van der Waals surface area contributed by atoms with Gasteiger partial charge in [0.15, 0.2) is 0 Å². The zero-order valence-corrected chi connectivity index (χ0v) is 12.7. The summed E-state index contributed by atoms with van der Waals surface area (Å²) in [7, 11) is 0. The van der Waals surface area contributed by atoms with E-state index >= 15 is 0 Å². The molecule has 0 unspecified atom stereocenters. The Morgan fingerprint density at radius 3 is 2.53 bits per heavy atom. The first-order valence-electron chi connectivity index (χ1n) is 7.10. The molecule has 0 radical (unpaired) electrons. The first-order valence-corrected chi connectivity index (χ1v) is 7.10. The molecule has 2 heterocycles. The van der Waals surface area contributed by atoms with E-state index in [2.05, 4.69) is 36.4 Å². The van der Waals surface area contributed by atoms with Gasteiger partial charge in [0.05, 0.1) is 24.6 Å². The summed E-state index contributed by atoms with van der Waals surface area (Å²) >= 11 is 0. The molecule has 1 aliphatic heterocycles. The van der Waals surface area contributed by atoms with E-state index in [0.29, 0.717) is 0 Å². The van der Waals surface area contributed by atoms with Crippen LogP contribution in [-0.4, -0.2) is 36.2 Å². The second-order valence-electron chi connectivity index (χ2n) is 4.53. The molecule has 0 N–H and O–H groups in total. The molecule has 0 aliphatic carbocycles. The smallest absolute Gasteiger partial charge is 0.0630 e. The number of hydrogen-bond acceptors (Lipinski definition) is 3. The highest BCUT2D eigenvalue weighted by molar-refractivity contribution is 5.45. The van der Waals surface area contributed by atoms with Gasteiger partial charge in [-0.3, -0.25) is 9.88 Å². The Kier molecular flexibility index (Phi) is 6.74. The SMILES string of the molecule is C=Cc1cc(C)c(C)c(CN2CCOCC2)n1.CC. The van der Waals surface area contributed by atoms with Gasteiger partial charge in [0.1, 0.15) is 0 Å². The standard InChI is InChI=1S/C14H20N2O.C2H6/c1-4-13-9-11(2)12(3)14(15-13)10-16-5-7-17-8-6-16;1-2/h4,9H,1,5-8,10H2,2-3H3;1-2H3. The minimum Gasteiger partial charge on any atom is -0.379 e. The van der Waals surface area contributed by atoms with E-state index in [-0.39, 0.29) is 0 Å². The topological polar surface area (TPSA) is 25.4 Å². The lowest BCUT2D eigenvalue weighted by Gasteiger charge is -2.27. The third kappa shape index (κ3) is 4.44. The number of ether oxygens (including phenoxy) is 1. The number of hydrogen-bond donors (Lipinski definition) is 0. The van der Waals surface area contributed by atoms with E-state index in [1.54, 1.807) is 0 Å². The molecular weight excluding hydrogens is 236 g/mol. The zero-order chi connectivity index (χ0) is 14.3. The molecule has 0 aromatic carbocycles. The molecule has 106 valence electrons. The zero-order valence-electron chi connectivity index (χ0n) is 12.7. The summed E-state index contributed by atoms with van der Waals surface area (Å²) in [5.41, 5.74) is 4.72. The summed E-state index contributed by atoms with van der Waals surface area (Å²) in [6.07, 6.45) is 1.81. The van der Waals surface area contributed by atoms with Crippen LogP contribution in [0.15, 0.2) is 12.6 Å². The van der Waals surface area contributed by atoms with Crippen molar-refractivity contribution in [2.24, 2.45) is 0 Å². The number of morpholine rings is 1. The summed E-state index contributed by atoms with van der Waals surface area (Å²) in [6.45, 7) is 16.6. The fourth-order valence-electron chi connectivity index (χ4n) is 2.06. The van der Waals surface area contributed by atoms with Crippen molar-refractivity contribution in [3.05, 3.63) is 35.2 Å². The van der Waals surface area contributed by atoms with Gasteiger partial charge >= 0.3 is 0 Å². The van der Waals surface area contributed by atoms with Gasteiger partial charge in [-0.15, -0.1) is 0 Å². The minimum absolute atomic E-state index is 0.833. The third-order valence-corrected chi connectivity index (χ3v) is 3.34. The van der Waals surface area contributed by atoms with Gasteiger partial charge in [-0.25, -0.2) is 0 Å². The predicted octanol–water partition coefficient (Wildman–Crippen LogP) is 3.20. The second kappa shape index (κ2) is 8.08. The normalized spacial score (nSPS) is 15.6. The molecule has 3 heteroatoms. The lowest BCUT2D eigenvalue weighted by atomic mass is 10.1. The molecule has 0 atom stereocenters. The van der Waals surface area contributed by atoms with Gasteiger partial charge in [-0.1, -0.05) is 20.4 Å². The molecule has 1 aliphatic rings. The van der Waals surface area contributed by atoms with Crippen molar-refractivity contribution in [3.8, 4) is 0 Å². The van der Waals surface area contributed by atoms with Crippen molar-refractivity contribution >= 4 is 6.08 Å². The summed E-state index contributed by atoms with van der Waals surface area (Å²) in [5, 5.41) is 0. The molecule has 3 nitrogen and oxygen atoms in total. The molecule has 1 aromatic heterocycles. The number of aryl methyl sites for hydroxylation is 1. The number of rotatable bonds is 3.